The highest BCUT2D eigenvalue weighted by atomic mass is 19.4. The van der Waals surface area contributed by atoms with Crippen LogP contribution in [0.2, 0.25) is 0 Å². The fourth-order valence-electron chi connectivity index (χ4n) is 1.17. The molecule has 0 nitrogen and oxygen atoms in total. The van der Waals surface area contributed by atoms with Crippen LogP contribution in [0.25, 0.3) is 0 Å². The Morgan fingerprint density at radius 2 is 1.46 bits per heavy atom. The SMILES string of the molecule is CC(C)CCC(C)CCC(F)(F)F. The molecule has 1 unspecified atom stereocenters. The molecule has 0 spiro atoms. The van der Waals surface area contributed by atoms with Gasteiger partial charge in [-0.3, -0.25) is 0 Å². The number of alkyl halides is 3. The summed E-state index contributed by atoms with van der Waals surface area (Å²) in [4.78, 5) is 0. The maximum atomic E-state index is 11.8. The van der Waals surface area contributed by atoms with Crippen LogP contribution >= 0.6 is 0 Å². The fourth-order valence-corrected chi connectivity index (χ4v) is 1.17. The van der Waals surface area contributed by atoms with Crippen LogP contribution in [0.5, 0.6) is 0 Å². The summed E-state index contributed by atoms with van der Waals surface area (Å²) in [7, 11) is 0. The van der Waals surface area contributed by atoms with Crippen LogP contribution in [0.3, 0.4) is 0 Å². The first-order valence-corrected chi connectivity index (χ1v) is 4.88. The number of hydrogen-bond acceptors (Lipinski definition) is 0. The molecule has 1 atom stereocenters. The zero-order chi connectivity index (χ0) is 10.5. The summed E-state index contributed by atoms with van der Waals surface area (Å²) in [5, 5.41) is 0. The highest BCUT2D eigenvalue weighted by molar-refractivity contribution is 4.59. The Hall–Kier alpha value is -0.210. The largest absolute Gasteiger partial charge is 0.389 e. The van der Waals surface area contributed by atoms with Gasteiger partial charge >= 0.3 is 6.18 Å². The van der Waals surface area contributed by atoms with Crippen LogP contribution < -0.4 is 0 Å². The minimum atomic E-state index is -3.98. The van der Waals surface area contributed by atoms with E-state index in [0.717, 1.165) is 12.8 Å². The smallest absolute Gasteiger partial charge is 0.171 e. The average Bonchev–Trinajstić information content (AvgIpc) is 1.95. The lowest BCUT2D eigenvalue weighted by atomic mass is 9.95. The van der Waals surface area contributed by atoms with Crippen LogP contribution in [-0.2, 0) is 0 Å². The molecule has 0 bridgehead atoms. The Kier molecular flexibility index (Phi) is 5.42. The second-order valence-corrected chi connectivity index (χ2v) is 4.23. The molecule has 0 amide bonds. The van der Waals surface area contributed by atoms with E-state index in [9.17, 15) is 13.2 Å². The van der Waals surface area contributed by atoms with Gasteiger partial charge in [0, 0.05) is 6.42 Å². The fraction of sp³-hybridized carbons (Fsp3) is 1.00. The van der Waals surface area contributed by atoms with Crippen LogP contribution in [0.4, 0.5) is 13.2 Å². The lowest BCUT2D eigenvalue weighted by molar-refractivity contribution is -0.137. The molecule has 0 aliphatic rings. The Bertz CT molecular complexity index is 127. The number of rotatable bonds is 5. The minimum Gasteiger partial charge on any atom is -0.171 e. The maximum absolute atomic E-state index is 11.8. The summed E-state index contributed by atoms with van der Waals surface area (Å²) in [5.74, 6) is 0.789. The van der Waals surface area contributed by atoms with Gasteiger partial charge in [-0.1, -0.05) is 33.6 Å². The molecule has 0 heterocycles. The molecule has 0 aromatic heterocycles. The van der Waals surface area contributed by atoms with Crippen molar-refractivity contribution in [3.63, 3.8) is 0 Å². The molecule has 0 aliphatic carbocycles. The highest BCUT2D eigenvalue weighted by Crippen LogP contribution is 2.26. The van der Waals surface area contributed by atoms with Gasteiger partial charge < -0.3 is 0 Å². The lowest BCUT2D eigenvalue weighted by Gasteiger charge is -2.13. The Balaban J connectivity index is 3.46. The Morgan fingerprint density at radius 3 is 1.85 bits per heavy atom. The van der Waals surface area contributed by atoms with Gasteiger partial charge in [0.25, 0.3) is 0 Å². The molecule has 0 saturated heterocycles. The second kappa shape index (κ2) is 5.51. The highest BCUT2D eigenvalue weighted by Gasteiger charge is 2.27. The van der Waals surface area contributed by atoms with Crippen LogP contribution in [0.15, 0.2) is 0 Å². The summed E-state index contributed by atoms with van der Waals surface area (Å²) in [6.45, 7) is 6.08. The zero-order valence-corrected chi connectivity index (χ0v) is 8.62. The molecule has 0 aliphatic heterocycles. The molecule has 0 aromatic carbocycles. The van der Waals surface area contributed by atoms with Crippen molar-refractivity contribution in [2.45, 2.75) is 52.6 Å². The van der Waals surface area contributed by atoms with Crippen molar-refractivity contribution in [2.75, 3.05) is 0 Å². The Morgan fingerprint density at radius 1 is 0.923 bits per heavy atom. The quantitative estimate of drug-likeness (QED) is 0.611. The van der Waals surface area contributed by atoms with Crippen molar-refractivity contribution in [1.29, 1.82) is 0 Å². The van der Waals surface area contributed by atoms with Gasteiger partial charge in [0.15, 0.2) is 0 Å². The van der Waals surface area contributed by atoms with Crippen LogP contribution in [0.1, 0.15) is 46.5 Å². The van der Waals surface area contributed by atoms with Crippen molar-refractivity contribution in [1.82, 2.24) is 0 Å². The van der Waals surface area contributed by atoms with Crippen molar-refractivity contribution in [3.05, 3.63) is 0 Å². The Labute approximate surface area is 78.5 Å². The third-order valence-corrected chi connectivity index (χ3v) is 2.16. The predicted octanol–water partition coefficient (Wildman–Crippen LogP) is 4.40. The first-order valence-electron chi connectivity index (χ1n) is 4.88. The van der Waals surface area contributed by atoms with E-state index in [-0.39, 0.29) is 12.3 Å². The summed E-state index contributed by atoms with van der Waals surface area (Å²) in [6.07, 6.45) is -2.40. The molecule has 13 heavy (non-hydrogen) atoms. The molecule has 0 radical (unpaired) electrons. The molecule has 0 N–H and O–H groups in total. The van der Waals surface area contributed by atoms with Gasteiger partial charge in [-0.05, 0) is 18.3 Å². The molecule has 0 saturated carbocycles. The van der Waals surface area contributed by atoms with Gasteiger partial charge in [-0.25, -0.2) is 0 Å². The van der Waals surface area contributed by atoms with Gasteiger partial charge in [0.1, 0.15) is 0 Å². The normalized spacial score (nSPS) is 15.0. The van der Waals surface area contributed by atoms with Crippen molar-refractivity contribution in [2.24, 2.45) is 11.8 Å². The molecule has 3 heteroatoms. The second-order valence-electron chi connectivity index (χ2n) is 4.23. The standard InChI is InChI=1S/C10H19F3/c1-8(2)4-5-9(3)6-7-10(11,12)13/h8-9H,4-7H2,1-3H3. The van der Waals surface area contributed by atoms with Gasteiger partial charge in [-0.15, -0.1) is 0 Å². The van der Waals surface area contributed by atoms with E-state index in [1.165, 1.54) is 0 Å². The van der Waals surface area contributed by atoms with Crippen molar-refractivity contribution in [3.8, 4) is 0 Å². The summed E-state index contributed by atoms with van der Waals surface area (Å²) < 4.78 is 35.4. The lowest BCUT2D eigenvalue weighted by Crippen LogP contribution is -2.09. The van der Waals surface area contributed by atoms with Gasteiger partial charge in [-0.2, -0.15) is 13.2 Å². The molecule has 80 valence electrons. The monoisotopic (exact) mass is 196 g/mol. The minimum absolute atomic E-state index is 0.198. The van der Waals surface area contributed by atoms with E-state index in [2.05, 4.69) is 13.8 Å². The zero-order valence-electron chi connectivity index (χ0n) is 8.62. The molecular formula is C10H19F3. The van der Waals surface area contributed by atoms with E-state index in [0.29, 0.717) is 5.92 Å². The molecular weight excluding hydrogens is 177 g/mol. The van der Waals surface area contributed by atoms with Crippen LogP contribution in [-0.4, -0.2) is 6.18 Å². The van der Waals surface area contributed by atoms with Crippen LogP contribution in [0, 0.1) is 11.8 Å². The first-order chi connectivity index (χ1) is 5.81. The third kappa shape index (κ3) is 9.71. The van der Waals surface area contributed by atoms with Gasteiger partial charge in [0.2, 0.25) is 0 Å². The van der Waals surface area contributed by atoms with E-state index in [4.69, 9.17) is 0 Å². The summed E-state index contributed by atoms with van der Waals surface area (Å²) in [5.41, 5.74) is 0. The summed E-state index contributed by atoms with van der Waals surface area (Å²) in [6, 6.07) is 0. The maximum Gasteiger partial charge on any atom is 0.389 e. The van der Waals surface area contributed by atoms with Gasteiger partial charge in [0.05, 0.1) is 0 Å². The van der Waals surface area contributed by atoms with E-state index < -0.39 is 12.6 Å². The number of hydrogen-bond donors (Lipinski definition) is 0. The van der Waals surface area contributed by atoms with Crippen molar-refractivity contribution >= 4 is 0 Å². The molecule has 0 rings (SSSR count). The first kappa shape index (κ1) is 12.8. The van der Waals surface area contributed by atoms with Crippen molar-refractivity contribution < 1.29 is 13.2 Å². The topological polar surface area (TPSA) is 0 Å². The molecule has 0 aromatic rings. The third-order valence-electron chi connectivity index (χ3n) is 2.16. The van der Waals surface area contributed by atoms with E-state index in [1.807, 2.05) is 6.92 Å². The molecule has 0 fully saturated rings. The van der Waals surface area contributed by atoms with E-state index >= 15 is 0 Å². The summed E-state index contributed by atoms with van der Waals surface area (Å²) >= 11 is 0. The number of halogens is 3. The average molecular weight is 196 g/mol. The van der Waals surface area contributed by atoms with E-state index in [1.54, 1.807) is 0 Å². The predicted molar refractivity (Wildman–Crippen MR) is 48.5 cm³/mol.